The highest BCUT2D eigenvalue weighted by Gasteiger charge is 2.29. The number of amides is 3. The molecule has 1 saturated heterocycles. The first kappa shape index (κ1) is 17.5. The fourth-order valence-electron chi connectivity index (χ4n) is 3.52. The Morgan fingerprint density at radius 1 is 1.26 bits per heavy atom. The summed E-state index contributed by atoms with van der Waals surface area (Å²) in [7, 11) is 0. The van der Waals surface area contributed by atoms with Gasteiger partial charge in [-0.15, -0.1) is 0 Å². The molecule has 1 fully saturated rings. The highest BCUT2D eigenvalue weighted by molar-refractivity contribution is 6.34. The summed E-state index contributed by atoms with van der Waals surface area (Å²) >= 11 is 6.01. The smallest absolute Gasteiger partial charge is 0.317 e. The monoisotopic (exact) mass is 382 g/mol. The molecule has 3 amide bonds. The lowest BCUT2D eigenvalue weighted by atomic mass is 9.94. The van der Waals surface area contributed by atoms with Gasteiger partial charge in [0.1, 0.15) is 0 Å². The SMILES string of the molecule is O=C1Nc2cc(Cl)ccc2C1=C1CCN(C(=O)NCc2cccnc2)CC1. The molecule has 0 unspecified atom stereocenters. The molecule has 0 radical (unpaired) electrons. The molecule has 2 N–H and O–H groups in total. The number of nitrogens with one attached hydrogen (secondary N) is 2. The molecule has 2 aromatic rings. The minimum absolute atomic E-state index is 0.0863. The van der Waals surface area contributed by atoms with E-state index in [2.05, 4.69) is 15.6 Å². The van der Waals surface area contributed by atoms with Gasteiger partial charge in [0.15, 0.2) is 0 Å². The molecule has 4 rings (SSSR count). The Labute approximate surface area is 162 Å². The van der Waals surface area contributed by atoms with Crippen LogP contribution in [-0.2, 0) is 11.3 Å². The highest BCUT2D eigenvalue weighted by Crippen LogP contribution is 2.38. The average Bonchev–Trinajstić information content (AvgIpc) is 3.01. The minimum Gasteiger partial charge on any atom is -0.334 e. The largest absolute Gasteiger partial charge is 0.334 e. The molecule has 0 aliphatic carbocycles. The number of nitrogens with zero attached hydrogens (tertiary/aromatic N) is 2. The van der Waals surface area contributed by atoms with E-state index in [1.165, 1.54) is 0 Å². The second-order valence-corrected chi connectivity index (χ2v) is 7.07. The van der Waals surface area contributed by atoms with Crippen molar-refractivity contribution in [3.8, 4) is 0 Å². The topological polar surface area (TPSA) is 74.3 Å². The Hall–Kier alpha value is -2.86. The summed E-state index contributed by atoms with van der Waals surface area (Å²) in [5, 5.41) is 6.40. The zero-order valence-electron chi connectivity index (χ0n) is 14.7. The van der Waals surface area contributed by atoms with Crippen molar-refractivity contribution in [3.05, 3.63) is 64.4 Å². The van der Waals surface area contributed by atoms with Gasteiger partial charge in [-0.05, 0) is 36.6 Å². The van der Waals surface area contributed by atoms with Gasteiger partial charge in [-0.3, -0.25) is 9.78 Å². The highest BCUT2D eigenvalue weighted by atomic mass is 35.5. The van der Waals surface area contributed by atoms with Gasteiger partial charge in [-0.1, -0.05) is 29.3 Å². The Morgan fingerprint density at radius 2 is 2.07 bits per heavy atom. The summed E-state index contributed by atoms with van der Waals surface area (Å²) in [6.45, 7) is 1.63. The van der Waals surface area contributed by atoms with Crippen molar-refractivity contribution in [1.82, 2.24) is 15.2 Å². The van der Waals surface area contributed by atoms with Crippen LogP contribution in [0.4, 0.5) is 10.5 Å². The van der Waals surface area contributed by atoms with E-state index in [0.717, 1.165) is 28.0 Å². The van der Waals surface area contributed by atoms with Crippen LogP contribution >= 0.6 is 11.6 Å². The molecule has 2 aliphatic heterocycles. The zero-order valence-corrected chi connectivity index (χ0v) is 15.4. The Bertz CT molecular complexity index is 917. The minimum atomic E-state index is -0.0917. The number of piperidine rings is 1. The van der Waals surface area contributed by atoms with Gasteiger partial charge in [0.25, 0.3) is 5.91 Å². The van der Waals surface area contributed by atoms with Crippen molar-refractivity contribution in [2.24, 2.45) is 0 Å². The van der Waals surface area contributed by atoms with Crippen molar-refractivity contribution < 1.29 is 9.59 Å². The van der Waals surface area contributed by atoms with Crippen LogP contribution in [0.2, 0.25) is 5.02 Å². The molecule has 0 atom stereocenters. The Morgan fingerprint density at radius 3 is 2.81 bits per heavy atom. The standard InChI is InChI=1S/C20H19ClN4O2/c21-15-3-4-16-17(10-15)24-19(26)18(16)14-5-8-25(9-6-14)20(27)23-12-13-2-1-7-22-11-13/h1-4,7,10-11H,5-6,8-9,12H2,(H,23,27)(H,24,26). The molecule has 1 aromatic heterocycles. The van der Waals surface area contributed by atoms with Crippen LogP contribution < -0.4 is 10.6 Å². The quantitative estimate of drug-likeness (QED) is 0.781. The number of fused-ring (bicyclic) bond motifs is 1. The van der Waals surface area contributed by atoms with Crippen molar-refractivity contribution in [3.63, 3.8) is 0 Å². The number of hydrogen-bond donors (Lipinski definition) is 2. The number of halogens is 1. The molecule has 0 bridgehead atoms. The number of hydrogen-bond acceptors (Lipinski definition) is 3. The number of carbonyl (C=O) groups is 2. The Kier molecular flexibility index (Phi) is 4.81. The van der Waals surface area contributed by atoms with Crippen molar-refractivity contribution in [2.75, 3.05) is 18.4 Å². The maximum atomic E-state index is 12.4. The molecule has 27 heavy (non-hydrogen) atoms. The van der Waals surface area contributed by atoms with Gasteiger partial charge in [-0.25, -0.2) is 4.79 Å². The molecular weight excluding hydrogens is 364 g/mol. The van der Waals surface area contributed by atoms with Crippen LogP contribution in [0.1, 0.15) is 24.0 Å². The van der Waals surface area contributed by atoms with Crippen LogP contribution in [0.25, 0.3) is 5.57 Å². The first-order valence-corrected chi connectivity index (χ1v) is 9.24. The van der Waals surface area contributed by atoms with Crippen LogP contribution in [0.3, 0.4) is 0 Å². The number of benzene rings is 1. The molecule has 0 spiro atoms. The van der Waals surface area contributed by atoms with Crippen LogP contribution in [-0.4, -0.2) is 34.9 Å². The molecule has 7 heteroatoms. The maximum absolute atomic E-state index is 12.4. The van der Waals surface area contributed by atoms with Crippen molar-refractivity contribution in [1.29, 1.82) is 0 Å². The molecule has 6 nitrogen and oxygen atoms in total. The second-order valence-electron chi connectivity index (χ2n) is 6.63. The molecule has 138 valence electrons. The van der Waals surface area contributed by atoms with E-state index in [1.807, 2.05) is 18.2 Å². The van der Waals surface area contributed by atoms with E-state index < -0.39 is 0 Å². The predicted molar refractivity (Wildman–Crippen MR) is 104 cm³/mol. The number of aromatic nitrogens is 1. The number of carbonyl (C=O) groups excluding carboxylic acids is 2. The summed E-state index contributed by atoms with van der Waals surface area (Å²) in [6, 6.07) is 9.12. The third kappa shape index (κ3) is 3.66. The molecule has 0 saturated carbocycles. The van der Waals surface area contributed by atoms with E-state index in [4.69, 9.17) is 11.6 Å². The maximum Gasteiger partial charge on any atom is 0.317 e. The van der Waals surface area contributed by atoms with Gasteiger partial charge in [-0.2, -0.15) is 0 Å². The van der Waals surface area contributed by atoms with Crippen molar-refractivity contribution >= 4 is 34.8 Å². The van der Waals surface area contributed by atoms with E-state index in [1.54, 1.807) is 29.4 Å². The van der Waals surface area contributed by atoms with Gasteiger partial charge in [0.05, 0.1) is 5.69 Å². The predicted octanol–water partition coefficient (Wildman–Crippen LogP) is 3.45. The number of anilines is 1. The van der Waals surface area contributed by atoms with Crippen LogP contribution in [0.15, 0.2) is 48.3 Å². The summed E-state index contributed by atoms with van der Waals surface area (Å²) in [5.41, 5.74) is 4.44. The fourth-order valence-corrected chi connectivity index (χ4v) is 3.69. The van der Waals surface area contributed by atoms with E-state index in [9.17, 15) is 9.59 Å². The molecular formula is C20H19ClN4O2. The fraction of sp³-hybridized carbons (Fsp3) is 0.250. The Balaban J connectivity index is 1.41. The lowest BCUT2D eigenvalue weighted by molar-refractivity contribution is -0.110. The lowest BCUT2D eigenvalue weighted by Crippen LogP contribution is -2.43. The van der Waals surface area contributed by atoms with E-state index in [0.29, 0.717) is 37.5 Å². The first-order chi connectivity index (χ1) is 13.1. The third-order valence-corrected chi connectivity index (χ3v) is 5.14. The van der Waals surface area contributed by atoms with E-state index in [-0.39, 0.29) is 11.9 Å². The number of urea groups is 1. The van der Waals surface area contributed by atoms with Gasteiger partial charge >= 0.3 is 6.03 Å². The average molecular weight is 383 g/mol. The normalized spacial score (nSPS) is 16.2. The third-order valence-electron chi connectivity index (χ3n) is 4.90. The zero-order chi connectivity index (χ0) is 18.8. The van der Waals surface area contributed by atoms with Crippen LogP contribution in [0.5, 0.6) is 0 Å². The summed E-state index contributed by atoms with van der Waals surface area (Å²) in [6.07, 6.45) is 4.81. The lowest BCUT2D eigenvalue weighted by Gasteiger charge is -2.29. The summed E-state index contributed by atoms with van der Waals surface area (Å²) in [5.74, 6) is -0.0863. The number of pyridine rings is 1. The van der Waals surface area contributed by atoms with Crippen molar-refractivity contribution in [2.45, 2.75) is 19.4 Å². The second kappa shape index (κ2) is 7.40. The van der Waals surface area contributed by atoms with Gasteiger partial charge in [0.2, 0.25) is 0 Å². The summed E-state index contributed by atoms with van der Waals surface area (Å²) in [4.78, 5) is 30.6. The van der Waals surface area contributed by atoms with Gasteiger partial charge in [0, 0.05) is 48.2 Å². The van der Waals surface area contributed by atoms with E-state index >= 15 is 0 Å². The molecule has 2 aliphatic rings. The number of likely N-dealkylation sites (tertiary alicyclic amines) is 1. The molecule has 1 aromatic carbocycles. The first-order valence-electron chi connectivity index (χ1n) is 8.87. The summed E-state index contributed by atoms with van der Waals surface area (Å²) < 4.78 is 0. The van der Waals surface area contributed by atoms with Crippen LogP contribution in [0, 0.1) is 0 Å². The number of rotatable bonds is 2. The van der Waals surface area contributed by atoms with Gasteiger partial charge < -0.3 is 15.5 Å². The molecule has 3 heterocycles.